The third kappa shape index (κ3) is 1.97. The number of oxazole rings is 1. The van der Waals surface area contributed by atoms with Crippen LogP contribution in [0.1, 0.15) is 23.7 Å². The van der Waals surface area contributed by atoms with Crippen molar-refractivity contribution in [3.05, 3.63) is 34.3 Å². The molecule has 2 aromatic rings. The second-order valence-corrected chi connectivity index (χ2v) is 3.68. The summed E-state index contributed by atoms with van der Waals surface area (Å²) in [4.78, 5) is 25.3. The highest BCUT2D eigenvalue weighted by molar-refractivity contribution is 6.01. The normalized spacial score (nSPS) is 12.2. The van der Waals surface area contributed by atoms with Gasteiger partial charge in [0.05, 0.1) is 11.6 Å². The molecule has 86 valence electrons. The minimum atomic E-state index is -0.655. The fourth-order valence-electron chi connectivity index (χ4n) is 1.64. The Bertz CT molecular complexity index is 660. The topological polar surface area (TPSA) is 86.9 Å². The molecular weight excluding hydrogens is 220 g/mol. The molecular formula is C12H10N2O3. The Kier molecular flexibility index (Phi) is 2.79. The second kappa shape index (κ2) is 4.26. The van der Waals surface area contributed by atoms with Gasteiger partial charge in [-0.15, -0.1) is 0 Å². The highest BCUT2D eigenvalue weighted by Crippen LogP contribution is 2.16. The number of Topliss-reactive ketones (excluding diaryl/α,β-unsaturated/α-hetero) is 1. The van der Waals surface area contributed by atoms with Crippen LogP contribution in [0.15, 0.2) is 27.4 Å². The summed E-state index contributed by atoms with van der Waals surface area (Å²) < 4.78 is 4.86. The molecule has 5 heteroatoms. The quantitative estimate of drug-likeness (QED) is 0.815. The largest absolute Gasteiger partial charge is 0.417 e. The number of benzene rings is 1. The zero-order valence-corrected chi connectivity index (χ0v) is 9.19. The average Bonchev–Trinajstić information content (AvgIpc) is 2.69. The summed E-state index contributed by atoms with van der Waals surface area (Å²) in [7, 11) is 0. The monoisotopic (exact) mass is 230 g/mol. The Morgan fingerprint density at radius 2 is 2.35 bits per heavy atom. The Hall–Kier alpha value is -2.35. The molecule has 0 amide bonds. The van der Waals surface area contributed by atoms with Crippen LogP contribution >= 0.6 is 0 Å². The Morgan fingerprint density at radius 1 is 1.59 bits per heavy atom. The van der Waals surface area contributed by atoms with E-state index in [1.54, 1.807) is 19.1 Å². The number of fused-ring (bicyclic) bond motifs is 1. The number of nitriles is 1. The van der Waals surface area contributed by atoms with Gasteiger partial charge in [-0.3, -0.25) is 9.78 Å². The van der Waals surface area contributed by atoms with Crippen LogP contribution in [0.2, 0.25) is 0 Å². The summed E-state index contributed by atoms with van der Waals surface area (Å²) in [5.41, 5.74) is 1.25. The van der Waals surface area contributed by atoms with Crippen LogP contribution < -0.4 is 5.76 Å². The van der Waals surface area contributed by atoms with E-state index in [4.69, 9.17) is 9.68 Å². The third-order valence-corrected chi connectivity index (χ3v) is 2.59. The van der Waals surface area contributed by atoms with Crippen LogP contribution in [0.4, 0.5) is 0 Å². The van der Waals surface area contributed by atoms with Gasteiger partial charge >= 0.3 is 5.76 Å². The highest BCUT2D eigenvalue weighted by Gasteiger charge is 2.18. The zero-order chi connectivity index (χ0) is 12.4. The first-order chi connectivity index (χ1) is 8.15. The molecule has 1 N–H and O–H groups in total. The molecule has 0 bridgehead atoms. The maximum atomic E-state index is 11.9. The molecule has 1 aromatic carbocycles. The SMILES string of the molecule is CCC(C#N)C(=O)c1ccc2[nH]c(=O)oc2c1. The number of aromatic nitrogens is 1. The number of ketones is 1. The Labute approximate surface area is 96.7 Å². The van der Waals surface area contributed by atoms with Crippen LogP contribution in [0.5, 0.6) is 0 Å². The minimum Gasteiger partial charge on any atom is -0.408 e. The molecule has 0 aliphatic rings. The molecule has 1 heterocycles. The number of hydrogen-bond donors (Lipinski definition) is 1. The van der Waals surface area contributed by atoms with Crippen molar-refractivity contribution in [3.8, 4) is 6.07 Å². The van der Waals surface area contributed by atoms with Crippen molar-refractivity contribution in [1.82, 2.24) is 4.98 Å². The van der Waals surface area contributed by atoms with Gasteiger partial charge in [0, 0.05) is 5.56 Å². The Balaban J connectivity index is 2.46. The van der Waals surface area contributed by atoms with Crippen molar-refractivity contribution >= 4 is 16.9 Å². The first-order valence-electron chi connectivity index (χ1n) is 5.22. The van der Waals surface area contributed by atoms with E-state index in [-0.39, 0.29) is 5.78 Å². The summed E-state index contributed by atoms with van der Waals surface area (Å²) in [5, 5.41) is 8.82. The average molecular weight is 230 g/mol. The molecule has 0 fully saturated rings. The predicted octanol–water partition coefficient (Wildman–Crippen LogP) is 1.85. The number of rotatable bonds is 3. The van der Waals surface area contributed by atoms with Crippen LogP contribution in [0, 0.1) is 17.2 Å². The summed E-state index contributed by atoms with van der Waals surface area (Å²) in [6.07, 6.45) is 0.463. The molecule has 1 atom stereocenters. The van der Waals surface area contributed by atoms with E-state index in [2.05, 4.69) is 4.98 Å². The number of H-pyrrole nitrogens is 1. The van der Waals surface area contributed by atoms with Gasteiger partial charge in [-0.05, 0) is 24.6 Å². The van der Waals surface area contributed by atoms with Crippen LogP contribution in [0.3, 0.4) is 0 Å². The number of carbonyl (C=O) groups excluding carboxylic acids is 1. The van der Waals surface area contributed by atoms with E-state index in [0.29, 0.717) is 23.1 Å². The van der Waals surface area contributed by atoms with Crippen molar-refractivity contribution < 1.29 is 9.21 Å². The molecule has 0 saturated heterocycles. The number of nitrogens with one attached hydrogen (secondary N) is 1. The smallest absolute Gasteiger partial charge is 0.408 e. The highest BCUT2D eigenvalue weighted by atomic mass is 16.4. The van der Waals surface area contributed by atoms with Gasteiger partial charge in [0.1, 0.15) is 5.92 Å². The molecule has 2 rings (SSSR count). The maximum Gasteiger partial charge on any atom is 0.417 e. The van der Waals surface area contributed by atoms with Gasteiger partial charge in [0.25, 0.3) is 0 Å². The van der Waals surface area contributed by atoms with Crippen molar-refractivity contribution in [2.24, 2.45) is 5.92 Å². The lowest BCUT2D eigenvalue weighted by atomic mass is 9.96. The zero-order valence-electron chi connectivity index (χ0n) is 9.19. The molecule has 0 spiro atoms. The fraction of sp³-hybridized carbons (Fsp3) is 0.250. The van der Waals surface area contributed by atoms with Crippen LogP contribution in [-0.2, 0) is 0 Å². The first kappa shape index (κ1) is 11.1. The lowest BCUT2D eigenvalue weighted by molar-refractivity contribution is 0.0946. The third-order valence-electron chi connectivity index (χ3n) is 2.59. The maximum absolute atomic E-state index is 11.9. The number of carbonyl (C=O) groups is 1. The molecule has 17 heavy (non-hydrogen) atoms. The van der Waals surface area contributed by atoms with E-state index in [1.165, 1.54) is 6.07 Å². The second-order valence-electron chi connectivity index (χ2n) is 3.68. The van der Waals surface area contributed by atoms with Gasteiger partial charge < -0.3 is 4.42 Å². The summed E-state index contributed by atoms with van der Waals surface area (Å²) in [6.45, 7) is 1.78. The predicted molar refractivity (Wildman–Crippen MR) is 60.6 cm³/mol. The standard InChI is InChI=1S/C12H10N2O3/c1-2-7(6-13)11(15)8-3-4-9-10(5-8)17-12(16)14-9/h3-5,7H,2H2,1H3,(H,14,16). The molecule has 0 aliphatic heterocycles. The molecule has 1 unspecified atom stereocenters. The van der Waals surface area contributed by atoms with E-state index in [0.717, 1.165) is 0 Å². The molecule has 0 saturated carbocycles. The van der Waals surface area contributed by atoms with E-state index < -0.39 is 11.7 Å². The van der Waals surface area contributed by atoms with Crippen LogP contribution in [0.25, 0.3) is 11.1 Å². The van der Waals surface area contributed by atoms with Gasteiger partial charge in [-0.2, -0.15) is 5.26 Å². The fourth-order valence-corrected chi connectivity index (χ4v) is 1.64. The first-order valence-corrected chi connectivity index (χ1v) is 5.22. The summed E-state index contributed by atoms with van der Waals surface area (Å²) in [5.74, 6) is -1.46. The Morgan fingerprint density at radius 3 is 3.00 bits per heavy atom. The van der Waals surface area contributed by atoms with Gasteiger partial charge in [0.2, 0.25) is 0 Å². The lowest BCUT2D eigenvalue weighted by Gasteiger charge is -2.04. The lowest BCUT2D eigenvalue weighted by Crippen LogP contribution is -2.11. The van der Waals surface area contributed by atoms with Gasteiger partial charge in [0.15, 0.2) is 11.4 Å². The number of nitrogens with zero attached hydrogens (tertiary/aromatic N) is 1. The molecule has 0 radical (unpaired) electrons. The van der Waals surface area contributed by atoms with Crippen LogP contribution in [-0.4, -0.2) is 10.8 Å². The van der Waals surface area contributed by atoms with Crippen molar-refractivity contribution in [2.75, 3.05) is 0 Å². The van der Waals surface area contributed by atoms with E-state index in [1.807, 2.05) is 6.07 Å². The van der Waals surface area contributed by atoms with E-state index >= 15 is 0 Å². The van der Waals surface area contributed by atoms with E-state index in [9.17, 15) is 9.59 Å². The van der Waals surface area contributed by atoms with Gasteiger partial charge in [-0.1, -0.05) is 6.92 Å². The summed E-state index contributed by atoms with van der Waals surface area (Å²) >= 11 is 0. The molecule has 0 aliphatic carbocycles. The van der Waals surface area contributed by atoms with Crippen molar-refractivity contribution in [2.45, 2.75) is 13.3 Å². The van der Waals surface area contributed by atoms with Crippen molar-refractivity contribution in [3.63, 3.8) is 0 Å². The number of aromatic amines is 1. The summed E-state index contributed by atoms with van der Waals surface area (Å²) in [6, 6.07) is 6.61. The number of hydrogen-bond acceptors (Lipinski definition) is 4. The molecule has 5 nitrogen and oxygen atoms in total. The van der Waals surface area contributed by atoms with Crippen molar-refractivity contribution in [1.29, 1.82) is 5.26 Å². The minimum absolute atomic E-state index is 0.249. The van der Waals surface area contributed by atoms with Gasteiger partial charge in [-0.25, -0.2) is 4.79 Å². The molecule has 1 aromatic heterocycles.